The van der Waals surface area contributed by atoms with Crippen LogP contribution in [0.15, 0.2) is 66.7 Å². The molecule has 3 aromatic rings. The van der Waals surface area contributed by atoms with Crippen LogP contribution in [-0.2, 0) is 16.0 Å². The van der Waals surface area contributed by atoms with Crippen LogP contribution in [0.1, 0.15) is 33.8 Å². The number of carboxylic acid groups (broad SMARTS) is 1. The zero-order valence-corrected chi connectivity index (χ0v) is 19.9. The van der Waals surface area contributed by atoms with E-state index in [1.54, 1.807) is 30.3 Å². The van der Waals surface area contributed by atoms with Gasteiger partial charge in [0.2, 0.25) is 0 Å². The number of alkyl halides is 3. The molecule has 0 radical (unpaired) electrons. The number of fused-ring (bicyclic) bond motifs is 1. The van der Waals surface area contributed by atoms with Gasteiger partial charge in [-0.3, -0.25) is 14.3 Å². The van der Waals surface area contributed by atoms with Crippen molar-refractivity contribution in [3.05, 3.63) is 88.4 Å². The molecule has 0 saturated heterocycles. The number of hydrogen-bond acceptors (Lipinski definition) is 5. The number of ether oxygens (including phenoxy) is 3. The Morgan fingerprint density at radius 1 is 1.11 bits per heavy atom. The van der Waals surface area contributed by atoms with Crippen LogP contribution >= 0.6 is 11.6 Å². The first-order valence-electron chi connectivity index (χ1n) is 11.2. The summed E-state index contributed by atoms with van der Waals surface area (Å²) >= 11 is 6.30. The second-order valence-electron chi connectivity index (χ2n) is 8.19. The van der Waals surface area contributed by atoms with E-state index in [9.17, 15) is 27.9 Å². The van der Waals surface area contributed by atoms with E-state index in [2.05, 4.69) is 10.1 Å². The fourth-order valence-corrected chi connectivity index (χ4v) is 4.08. The molecule has 0 fully saturated rings. The Balaban J connectivity index is 1.45. The maximum absolute atomic E-state index is 12.9. The Kier molecular flexibility index (Phi) is 7.89. The van der Waals surface area contributed by atoms with Gasteiger partial charge in [0, 0.05) is 23.6 Å². The van der Waals surface area contributed by atoms with Crippen LogP contribution in [0, 0.1) is 0 Å². The Bertz CT molecular complexity index is 1270. The molecule has 0 saturated carbocycles. The number of rotatable bonds is 8. The average Bonchev–Trinajstić information content (AvgIpc) is 2.84. The standard InChI is InChI=1S/C26H21ClF3NO6/c27-20-13-19-18(25(33)34)10-11-35-21(19)14-22(20)36-17-8-6-16(7-9-17)24(32)31-23(37-26(28,29)30)12-15-4-2-1-3-5-15/h1-9,13-14,18,23H,10-12H2,(H,31,32)(H,33,34). The van der Waals surface area contributed by atoms with Crippen LogP contribution in [0.25, 0.3) is 0 Å². The number of carbonyl (C=O) groups excluding carboxylic acids is 1. The first kappa shape index (κ1) is 26.3. The molecule has 0 aromatic heterocycles. The van der Waals surface area contributed by atoms with Crippen molar-refractivity contribution in [2.45, 2.75) is 31.3 Å². The molecule has 1 aliphatic heterocycles. The van der Waals surface area contributed by atoms with Crippen molar-refractivity contribution in [3.63, 3.8) is 0 Å². The highest BCUT2D eigenvalue weighted by Gasteiger charge is 2.34. The van der Waals surface area contributed by atoms with Gasteiger partial charge in [-0.1, -0.05) is 41.9 Å². The molecule has 2 N–H and O–H groups in total. The normalized spacial score (nSPS) is 15.7. The zero-order chi connectivity index (χ0) is 26.6. The van der Waals surface area contributed by atoms with E-state index in [4.69, 9.17) is 21.1 Å². The molecule has 2 atom stereocenters. The van der Waals surface area contributed by atoms with Gasteiger partial charge in [0.25, 0.3) is 5.91 Å². The van der Waals surface area contributed by atoms with E-state index in [0.29, 0.717) is 23.3 Å². The molecule has 1 aliphatic rings. The molecule has 2 unspecified atom stereocenters. The summed E-state index contributed by atoms with van der Waals surface area (Å²) in [5.74, 6) is -1.63. The number of carbonyl (C=O) groups is 2. The molecule has 194 valence electrons. The number of carboxylic acids is 1. The van der Waals surface area contributed by atoms with Crippen LogP contribution in [-0.4, -0.2) is 36.2 Å². The van der Waals surface area contributed by atoms with Crippen molar-refractivity contribution in [2.24, 2.45) is 0 Å². The first-order chi connectivity index (χ1) is 17.6. The van der Waals surface area contributed by atoms with E-state index in [1.807, 2.05) is 0 Å². The van der Waals surface area contributed by atoms with Gasteiger partial charge >= 0.3 is 12.3 Å². The lowest BCUT2D eigenvalue weighted by Gasteiger charge is -2.24. The number of benzene rings is 3. The third kappa shape index (κ3) is 6.93. The van der Waals surface area contributed by atoms with Gasteiger partial charge in [-0.05, 0) is 42.3 Å². The molecule has 37 heavy (non-hydrogen) atoms. The lowest BCUT2D eigenvalue weighted by atomic mass is 9.93. The molecule has 4 rings (SSSR count). The predicted octanol–water partition coefficient (Wildman–Crippen LogP) is 5.92. The Morgan fingerprint density at radius 3 is 2.46 bits per heavy atom. The average molecular weight is 536 g/mol. The predicted molar refractivity (Wildman–Crippen MR) is 127 cm³/mol. The molecule has 0 bridgehead atoms. The number of aliphatic carboxylic acids is 1. The van der Waals surface area contributed by atoms with Crippen LogP contribution in [0.3, 0.4) is 0 Å². The summed E-state index contributed by atoms with van der Waals surface area (Å²) in [6, 6.07) is 17.0. The molecule has 11 heteroatoms. The molecule has 1 amide bonds. The lowest BCUT2D eigenvalue weighted by molar-refractivity contribution is -0.344. The van der Waals surface area contributed by atoms with Crippen molar-refractivity contribution >= 4 is 23.5 Å². The van der Waals surface area contributed by atoms with Gasteiger partial charge < -0.3 is 19.9 Å². The summed E-state index contributed by atoms with van der Waals surface area (Å²) in [6.45, 7) is 0.234. The minimum atomic E-state index is -4.94. The molecular weight excluding hydrogens is 515 g/mol. The van der Waals surface area contributed by atoms with Crippen molar-refractivity contribution in [3.8, 4) is 17.2 Å². The Labute approximate surface area is 214 Å². The van der Waals surface area contributed by atoms with Gasteiger partial charge in [0.15, 0.2) is 0 Å². The van der Waals surface area contributed by atoms with Crippen molar-refractivity contribution < 1.29 is 42.1 Å². The van der Waals surface area contributed by atoms with E-state index in [1.165, 1.54) is 36.4 Å². The first-order valence-corrected chi connectivity index (χ1v) is 11.5. The van der Waals surface area contributed by atoms with Gasteiger partial charge in [-0.15, -0.1) is 13.2 Å². The van der Waals surface area contributed by atoms with E-state index in [0.717, 1.165) is 0 Å². The topological polar surface area (TPSA) is 94.1 Å². The van der Waals surface area contributed by atoms with E-state index >= 15 is 0 Å². The summed E-state index contributed by atoms with van der Waals surface area (Å²) in [5.41, 5.74) is 1.09. The SMILES string of the molecule is O=C(NC(Cc1ccccc1)OC(F)(F)F)c1ccc(Oc2cc3c(cc2Cl)C(C(=O)O)CCO3)cc1. The van der Waals surface area contributed by atoms with Crippen molar-refractivity contribution in [1.29, 1.82) is 0 Å². The van der Waals surface area contributed by atoms with Crippen LogP contribution in [0.4, 0.5) is 13.2 Å². The Hall–Kier alpha value is -3.76. The maximum Gasteiger partial charge on any atom is 0.524 e. The summed E-state index contributed by atoms with van der Waals surface area (Å²) in [6.07, 6.45) is -6.43. The van der Waals surface area contributed by atoms with Gasteiger partial charge in [-0.2, -0.15) is 0 Å². The Morgan fingerprint density at radius 2 is 1.81 bits per heavy atom. The highest BCUT2D eigenvalue weighted by atomic mass is 35.5. The smallest absolute Gasteiger partial charge is 0.493 e. The largest absolute Gasteiger partial charge is 0.524 e. The fourth-order valence-electron chi connectivity index (χ4n) is 3.87. The molecule has 1 heterocycles. The maximum atomic E-state index is 12.9. The summed E-state index contributed by atoms with van der Waals surface area (Å²) < 4.78 is 54.1. The van der Waals surface area contributed by atoms with E-state index in [-0.39, 0.29) is 35.1 Å². The van der Waals surface area contributed by atoms with Crippen LogP contribution in [0.2, 0.25) is 5.02 Å². The minimum absolute atomic E-state index is 0.0837. The zero-order valence-electron chi connectivity index (χ0n) is 19.1. The second-order valence-corrected chi connectivity index (χ2v) is 8.60. The van der Waals surface area contributed by atoms with Crippen molar-refractivity contribution in [1.82, 2.24) is 5.32 Å². The molecular formula is C26H21ClF3NO6. The highest BCUT2D eigenvalue weighted by molar-refractivity contribution is 6.32. The number of halogens is 4. The monoisotopic (exact) mass is 535 g/mol. The second kappa shape index (κ2) is 11.1. The van der Waals surface area contributed by atoms with Crippen LogP contribution < -0.4 is 14.8 Å². The van der Waals surface area contributed by atoms with Crippen molar-refractivity contribution in [2.75, 3.05) is 6.61 Å². The summed E-state index contributed by atoms with van der Waals surface area (Å²) in [5, 5.41) is 11.8. The lowest BCUT2D eigenvalue weighted by Crippen LogP contribution is -2.41. The van der Waals surface area contributed by atoms with Gasteiger partial charge in [-0.25, -0.2) is 0 Å². The van der Waals surface area contributed by atoms with Gasteiger partial charge in [0.1, 0.15) is 23.5 Å². The molecule has 0 aliphatic carbocycles. The quantitative estimate of drug-likeness (QED) is 0.348. The highest BCUT2D eigenvalue weighted by Crippen LogP contribution is 2.41. The molecule has 7 nitrogen and oxygen atoms in total. The van der Waals surface area contributed by atoms with E-state index < -0.39 is 30.4 Å². The number of hydrogen-bond donors (Lipinski definition) is 2. The third-order valence-electron chi connectivity index (χ3n) is 5.58. The third-order valence-corrected chi connectivity index (χ3v) is 5.87. The van der Waals surface area contributed by atoms with Gasteiger partial charge in [0.05, 0.1) is 17.5 Å². The minimum Gasteiger partial charge on any atom is -0.493 e. The molecule has 0 spiro atoms. The number of amides is 1. The molecule has 3 aromatic carbocycles. The summed E-state index contributed by atoms with van der Waals surface area (Å²) in [7, 11) is 0. The number of nitrogens with one attached hydrogen (secondary N) is 1. The van der Waals surface area contributed by atoms with Crippen LogP contribution in [0.5, 0.6) is 17.2 Å². The fraction of sp³-hybridized carbons (Fsp3) is 0.231. The summed E-state index contributed by atoms with van der Waals surface area (Å²) in [4.78, 5) is 24.1.